The quantitative estimate of drug-likeness (QED) is 0.845. The molecule has 2 aromatic rings. The fourth-order valence-electron chi connectivity index (χ4n) is 2.73. The number of hydrogen-bond acceptors (Lipinski definition) is 3. The number of benzene rings is 1. The first kappa shape index (κ1) is 11.2. The van der Waals surface area contributed by atoms with Crippen LogP contribution in [0.3, 0.4) is 0 Å². The first-order valence-corrected chi connectivity index (χ1v) is 6.20. The topological polar surface area (TPSA) is 59.1 Å². The minimum Gasteiger partial charge on any atom is -0.398 e. The van der Waals surface area contributed by atoms with Crippen LogP contribution in [0.25, 0.3) is 0 Å². The first-order valence-electron chi connectivity index (χ1n) is 6.20. The van der Waals surface area contributed by atoms with E-state index in [1.807, 2.05) is 12.1 Å². The standard InChI is InChI=1S/C15H16N2O/c16-14-5-6-17-9-13(14)15(18)12-7-10-3-1-2-4-11(10)8-12/h1-6,9,12,15,18H,7-8H2,(H2,16,17). The largest absolute Gasteiger partial charge is 0.398 e. The van der Waals surface area contributed by atoms with Gasteiger partial charge in [0.2, 0.25) is 0 Å². The maximum atomic E-state index is 10.5. The number of nitrogens with two attached hydrogens (primary N) is 1. The van der Waals surface area contributed by atoms with Crippen molar-refractivity contribution in [1.82, 2.24) is 4.98 Å². The molecule has 1 unspecified atom stereocenters. The lowest BCUT2D eigenvalue weighted by atomic mass is 9.93. The normalized spacial score (nSPS) is 16.5. The summed E-state index contributed by atoms with van der Waals surface area (Å²) in [6.07, 6.45) is 4.60. The number of aromatic nitrogens is 1. The average Bonchev–Trinajstić information content (AvgIpc) is 2.82. The number of aliphatic hydroxyl groups is 1. The van der Waals surface area contributed by atoms with Gasteiger partial charge in [0.15, 0.2) is 0 Å². The van der Waals surface area contributed by atoms with Crippen LogP contribution in [0.15, 0.2) is 42.7 Å². The van der Waals surface area contributed by atoms with E-state index < -0.39 is 6.10 Å². The molecule has 0 saturated heterocycles. The molecule has 0 amide bonds. The lowest BCUT2D eigenvalue weighted by Gasteiger charge is -2.19. The van der Waals surface area contributed by atoms with Crippen molar-refractivity contribution in [2.45, 2.75) is 18.9 Å². The third-order valence-electron chi connectivity index (χ3n) is 3.73. The maximum Gasteiger partial charge on any atom is 0.0859 e. The van der Waals surface area contributed by atoms with Crippen LogP contribution in [0.5, 0.6) is 0 Å². The molecule has 0 radical (unpaired) electrons. The Morgan fingerprint density at radius 2 is 1.83 bits per heavy atom. The molecule has 0 bridgehead atoms. The molecule has 1 heterocycles. The molecule has 92 valence electrons. The van der Waals surface area contributed by atoms with Crippen molar-refractivity contribution in [3.05, 3.63) is 59.4 Å². The molecule has 1 atom stereocenters. The van der Waals surface area contributed by atoms with E-state index in [9.17, 15) is 5.11 Å². The van der Waals surface area contributed by atoms with Gasteiger partial charge in [-0.25, -0.2) is 0 Å². The van der Waals surface area contributed by atoms with E-state index in [1.54, 1.807) is 18.5 Å². The second kappa shape index (κ2) is 4.42. The fourth-order valence-corrected chi connectivity index (χ4v) is 2.73. The minimum absolute atomic E-state index is 0.203. The van der Waals surface area contributed by atoms with Crippen LogP contribution in [0.1, 0.15) is 22.8 Å². The van der Waals surface area contributed by atoms with Gasteiger partial charge in [-0.05, 0) is 36.0 Å². The Bertz CT molecular complexity index is 543. The van der Waals surface area contributed by atoms with Gasteiger partial charge in [0.25, 0.3) is 0 Å². The molecule has 1 aliphatic rings. The average molecular weight is 240 g/mol. The SMILES string of the molecule is Nc1ccncc1C(O)C1Cc2ccccc2C1. The molecular formula is C15H16N2O. The molecule has 1 aliphatic carbocycles. The first-order chi connectivity index (χ1) is 8.75. The Balaban J connectivity index is 1.85. The van der Waals surface area contributed by atoms with Crippen LogP contribution >= 0.6 is 0 Å². The molecule has 1 aromatic heterocycles. The van der Waals surface area contributed by atoms with Crippen LogP contribution in [-0.4, -0.2) is 10.1 Å². The number of aliphatic hydroxyl groups excluding tert-OH is 1. The number of nitrogens with zero attached hydrogens (tertiary/aromatic N) is 1. The summed E-state index contributed by atoms with van der Waals surface area (Å²) in [5, 5.41) is 10.5. The van der Waals surface area contributed by atoms with Gasteiger partial charge in [0.1, 0.15) is 0 Å². The summed E-state index contributed by atoms with van der Waals surface area (Å²) < 4.78 is 0. The molecule has 0 aliphatic heterocycles. The smallest absolute Gasteiger partial charge is 0.0859 e. The second-order valence-electron chi connectivity index (χ2n) is 4.89. The summed E-state index contributed by atoms with van der Waals surface area (Å²) >= 11 is 0. The van der Waals surface area contributed by atoms with Crippen molar-refractivity contribution in [1.29, 1.82) is 0 Å². The highest BCUT2D eigenvalue weighted by Gasteiger charge is 2.29. The van der Waals surface area contributed by atoms with Crippen LogP contribution in [0, 0.1) is 5.92 Å². The van der Waals surface area contributed by atoms with Crippen molar-refractivity contribution in [2.75, 3.05) is 5.73 Å². The Morgan fingerprint density at radius 1 is 1.17 bits per heavy atom. The lowest BCUT2D eigenvalue weighted by molar-refractivity contribution is 0.114. The molecule has 3 N–H and O–H groups in total. The van der Waals surface area contributed by atoms with Crippen molar-refractivity contribution in [3.63, 3.8) is 0 Å². The number of hydrogen-bond donors (Lipinski definition) is 2. The van der Waals surface area contributed by atoms with Gasteiger partial charge in [0.05, 0.1) is 6.10 Å². The van der Waals surface area contributed by atoms with Gasteiger partial charge in [-0.3, -0.25) is 4.98 Å². The molecule has 1 aromatic carbocycles. The van der Waals surface area contributed by atoms with Crippen LogP contribution < -0.4 is 5.73 Å². The van der Waals surface area contributed by atoms with Crippen molar-refractivity contribution >= 4 is 5.69 Å². The van der Waals surface area contributed by atoms with E-state index in [0.29, 0.717) is 5.69 Å². The van der Waals surface area contributed by atoms with Gasteiger partial charge in [-0.1, -0.05) is 24.3 Å². The second-order valence-corrected chi connectivity index (χ2v) is 4.89. The van der Waals surface area contributed by atoms with Gasteiger partial charge in [-0.2, -0.15) is 0 Å². The molecule has 0 saturated carbocycles. The monoisotopic (exact) mass is 240 g/mol. The number of rotatable bonds is 2. The van der Waals surface area contributed by atoms with E-state index in [0.717, 1.165) is 18.4 Å². The highest BCUT2D eigenvalue weighted by Crippen LogP contribution is 2.36. The molecule has 3 heteroatoms. The lowest BCUT2D eigenvalue weighted by Crippen LogP contribution is -2.14. The molecule has 3 nitrogen and oxygen atoms in total. The summed E-state index contributed by atoms with van der Waals surface area (Å²) in [5.74, 6) is 0.203. The Labute approximate surface area is 106 Å². The number of fused-ring (bicyclic) bond motifs is 1. The van der Waals surface area contributed by atoms with Crippen molar-refractivity contribution in [3.8, 4) is 0 Å². The Morgan fingerprint density at radius 3 is 2.44 bits per heavy atom. The van der Waals surface area contributed by atoms with E-state index >= 15 is 0 Å². The summed E-state index contributed by atoms with van der Waals surface area (Å²) in [7, 11) is 0. The molecule has 3 rings (SSSR count). The molecule has 0 fully saturated rings. The van der Waals surface area contributed by atoms with Crippen molar-refractivity contribution in [2.24, 2.45) is 5.92 Å². The molecule has 18 heavy (non-hydrogen) atoms. The minimum atomic E-state index is -0.536. The van der Waals surface area contributed by atoms with E-state index in [-0.39, 0.29) is 5.92 Å². The zero-order chi connectivity index (χ0) is 12.5. The highest BCUT2D eigenvalue weighted by molar-refractivity contribution is 5.46. The fraction of sp³-hybridized carbons (Fsp3) is 0.267. The van der Waals surface area contributed by atoms with E-state index in [1.165, 1.54) is 11.1 Å². The summed E-state index contributed by atoms with van der Waals surface area (Å²) in [4.78, 5) is 4.05. The predicted molar refractivity (Wildman–Crippen MR) is 70.9 cm³/mol. The third kappa shape index (κ3) is 1.87. The van der Waals surface area contributed by atoms with E-state index in [2.05, 4.69) is 17.1 Å². The summed E-state index contributed by atoms with van der Waals surface area (Å²) in [5.41, 5.74) is 9.93. The zero-order valence-corrected chi connectivity index (χ0v) is 10.1. The van der Waals surface area contributed by atoms with E-state index in [4.69, 9.17) is 5.73 Å². The zero-order valence-electron chi connectivity index (χ0n) is 10.1. The number of pyridine rings is 1. The number of anilines is 1. The Kier molecular flexibility index (Phi) is 2.76. The number of nitrogen functional groups attached to an aromatic ring is 1. The van der Waals surface area contributed by atoms with Gasteiger partial charge in [-0.15, -0.1) is 0 Å². The summed E-state index contributed by atoms with van der Waals surface area (Å²) in [6, 6.07) is 10.1. The third-order valence-corrected chi connectivity index (χ3v) is 3.73. The van der Waals surface area contributed by atoms with Crippen LogP contribution in [0.2, 0.25) is 0 Å². The van der Waals surface area contributed by atoms with Gasteiger partial charge >= 0.3 is 0 Å². The van der Waals surface area contributed by atoms with Crippen LogP contribution in [-0.2, 0) is 12.8 Å². The molecular weight excluding hydrogens is 224 g/mol. The van der Waals surface area contributed by atoms with Crippen LogP contribution in [0.4, 0.5) is 5.69 Å². The maximum absolute atomic E-state index is 10.5. The summed E-state index contributed by atoms with van der Waals surface area (Å²) in [6.45, 7) is 0. The molecule has 0 spiro atoms. The van der Waals surface area contributed by atoms with Gasteiger partial charge in [0, 0.05) is 23.6 Å². The van der Waals surface area contributed by atoms with Crippen molar-refractivity contribution < 1.29 is 5.11 Å². The Hall–Kier alpha value is -1.87. The van der Waals surface area contributed by atoms with Gasteiger partial charge < -0.3 is 10.8 Å². The highest BCUT2D eigenvalue weighted by atomic mass is 16.3. The predicted octanol–water partition coefficient (Wildman–Crippen LogP) is 2.11.